The Bertz CT molecular complexity index is 698. The fourth-order valence-corrected chi connectivity index (χ4v) is 3.03. The number of amides is 1. The van der Waals surface area contributed by atoms with Crippen molar-refractivity contribution in [2.75, 3.05) is 24.6 Å². The number of nitrogens with zero attached hydrogens (tertiary/aromatic N) is 5. The first kappa shape index (κ1) is 14.2. The van der Waals surface area contributed by atoms with E-state index < -0.39 is 0 Å². The predicted octanol–water partition coefficient (Wildman–Crippen LogP) is 1.23. The molecular formula is C15H20N6O2. The number of ether oxygens (including phenoxy) is 1. The lowest BCUT2D eigenvalue weighted by Gasteiger charge is -2.25. The zero-order valence-corrected chi connectivity index (χ0v) is 12.9. The highest BCUT2D eigenvalue weighted by molar-refractivity contribution is 5.67. The van der Waals surface area contributed by atoms with E-state index in [0.29, 0.717) is 12.5 Å². The van der Waals surface area contributed by atoms with Gasteiger partial charge in [-0.25, -0.2) is 4.79 Å². The maximum atomic E-state index is 11.8. The first-order valence-corrected chi connectivity index (χ1v) is 8.13. The summed E-state index contributed by atoms with van der Waals surface area (Å²) in [4.78, 5) is 14.0. The van der Waals surface area contributed by atoms with Gasteiger partial charge in [-0.05, 0) is 37.3 Å². The smallest absolute Gasteiger partial charge is 0.407 e. The summed E-state index contributed by atoms with van der Waals surface area (Å²) in [6.45, 7) is 2.14. The van der Waals surface area contributed by atoms with Crippen molar-refractivity contribution in [3.8, 4) is 0 Å². The highest BCUT2D eigenvalue weighted by Crippen LogP contribution is 2.26. The molecule has 122 valence electrons. The number of alkyl carbamates (subject to hydrolysis) is 1. The molecule has 23 heavy (non-hydrogen) atoms. The third-order valence-electron chi connectivity index (χ3n) is 4.66. The fourth-order valence-electron chi connectivity index (χ4n) is 3.03. The van der Waals surface area contributed by atoms with Crippen molar-refractivity contribution in [3.63, 3.8) is 0 Å². The number of carbonyl (C=O) groups is 1. The molecule has 1 N–H and O–H groups in total. The van der Waals surface area contributed by atoms with Crippen LogP contribution in [0.15, 0.2) is 18.5 Å². The van der Waals surface area contributed by atoms with Gasteiger partial charge in [0.15, 0.2) is 5.65 Å². The van der Waals surface area contributed by atoms with Crippen molar-refractivity contribution in [3.05, 3.63) is 18.5 Å². The summed E-state index contributed by atoms with van der Waals surface area (Å²) in [6, 6.07) is 3.92. The Morgan fingerprint density at radius 2 is 2.26 bits per heavy atom. The van der Waals surface area contributed by atoms with Crippen LogP contribution in [0.4, 0.5) is 10.6 Å². The fraction of sp³-hybridized carbons (Fsp3) is 0.600. The van der Waals surface area contributed by atoms with Crippen LogP contribution >= 0.6 is 0 Å². The topological polar surface area (TPSA) is 84.7 Å². The van der Waals surface area contributed by atoms with E-state index in [-0.39, 0.29) is 12.1 Å². The molecule has 1 aliphatic heterocycles. The highest BCUT2D eigenvalue weighted by atomic mass is 16.5. The SMILES string of the molecule is O=C(NC1CCN(c2ccc3nncn3n2)C1)OCC1CCC1. The lowest BCUT2D eigenvalue weighted by Crippen LogP contribution is -2.38. The Hall–Kier alpha value is -2.38. The van der Waals surface area contributed by atoms with Gasteiger partial charge in [-0.3, -0.25) is 0 Å². The van der Waals surface area contributed by atoms with Crippen molar-refractivity contribution in [2.45, 2.75) is 31.7 Å². The van der Waals surface area contributed by atoms with E-state index in [1.54, 1.807) is 10.8 Å². The summed E-state index contributed by atoms with van der Waals surface area (Å²) in [6.07, 6.45) is 5.80. The zero-order chi connectivity index (χ0) is 15.6. The quantitative estimate of drug-likeness (QED) is 0.913. The summed E-state index contributed by atoms with van der Waals surface area (Å²) in [7, 11) is 0. The van der Waals surface area contributed by atoms with Crippen LogP contribution in [0.25, 0.3) is 5.65 Å². The molecule has 2 fully saturated rings. The van der Waals surface area contributed by atoms with E-state index in [0.717, 1.165) is 31.0 Å². The molecule has 1 saturated heterocycles. The van der Waals surface area contributed by atoms with Gasteiger partial charge in [0.1, 0.15) is 12.1 Å². The van der Waals surface area contributed by atoms with Crippen molar-refractivity contribution < 1.29 is 9.53 Å². The molecule has 2 aromatic heterocycles. The lowest BCUT2D eigenvalue weighted by atomic mass is 9.86. The average Bonchev–Trinajstić information content (AvgIpc) is 3.13. The van der Waals surface area contributed by atoms with Crippen LogP contribution in [0.3, 0.4) is 0 Å². The number of carbonyl (C=O) groups excluding carboxylic acids is 1. The molecule has 0 radical (unpaired) electrons. The maximum Gasteiger partial charge on any atom is 0.407 e. The summed E-state index contributed by atoms with van der Waals surface area (Å²) in [5.41, 5.74) is 0.724. The predicted molar refractivity (Wildman–Crippen MR) is 83.2 cm³/mol. The molecule has 1 saturated carbocycles. The Labute approximate surface area is 133 Å². The molecule has 2 aromatic rings. The summed E-state index contributed by atoms with van der Waals surface area (Å²) >= 11 is 0. The monoisotopic (exact) mass is 316 g/mol. The Kier molecular flexibility index (Phi) is 3.72. The molecule has 3 heterocycles. The van der Waals surface area contributed by atoms with Gasteiger partial charge >= 0.3 is 6.09 Å². The summed E-state index contributed by atoms with van der Waals surface area (Å²) in [5.74, 6) is 1.44. The van der Waals surface area contributed by atoms with Gasteiger partial charge in [0.25, 0.3) is 0 Å². The van der Waals surface area contributed by atoms with E-state index in [2.05, 4.69) is 25.5 Å². The summed E-state index contributed by atoms with van der Waals surface area (Å²) < 4.78 is 6.95. The molecule has 1 amide bonds. The molecule has 1 aliphatic carbocycles. The van der Waals surface area contributed by atoms with Crippen molar-refractivity contribution in [1.29, 1.82) is 0 Å². The lowest BCUT2D eigenvalue weighted by molar-refractivity contribution is 0.102. The van der Waals surface area contributed by atoms with Crippen LogP contribution in [-0.4, -0.2) is 51.6 Å². The molecule has 0 bridgehead atoms. The number of hydrogen-bond acceptors (Lipinski definition) is 6. The molecule has 0 spiro atoms. The maximum absolute atomic E-state index is 11.8. The first-order valence-electron chi connectivity index (χ1n) is 8.13. The van der Waals surface area contributed by atoms with Crippen LogP contribution < -0.4 is 10.2 Å². The Morgan fingerprint density at radius 1 is 1.35 bits per heavy atom. The number of hydrogen-bond donors (Lipinski definition) is 1. The van der Waals surface area contributed by atoms with Crippen molar-refractivity contribution in [1.82, 2.24) is 25.1 Å². The normalized spacial score (nSPS) is 21.4. The van der Waals surface area contributed by atoms with Gasteiger partial charge in [0.2, 0.25) is 0 Å². The summed E-state index contributed by atoms with van der Waals surface area (Å²) in [5, 5.41) is 15.2. The molecule has 1 atom stereocenters. The van der Waals surface area contributed by atoms with E-state index in [1.807, 2.05) is 12.1 Å². The zero-order valence-electron chi connectivity index (χ0n) is 12.9. The second-order valence-electron chi connectivity index (χ2n) is 6.30. The largest absolute Gasteiger partial charge is 0.449 e. The Morgan fingerprint density at radius 3 is 3.09 bits per heavy atom. The first-order chi connectivity index (χ1) is 11.3. The van der Waals surface area contributed by atoms with Crippen molar-refractivity contribution in [2.24, 2.45) is 5.92 Å². The standard InChI is InChI=1S/C15H20N6O2/c22-15(23-9-11-2-1-3-11)17-12-6-7-20(8-12)14-5-4-13-18-16-10-21(13)19-14/h4-5,10-12H,1-3,6-9H2,(H,17,22). The minimum Gasteiger partial charge on any atom is -0.449 e. The van der Waals surface area contributed by atoms with Crippen LogP contribution in [0, 0.1) is 5.92 Å². The number of anilines is 1. The number of rotatable bonds is 4. The second-order valence-corrected chi connectivity index (χ2v) is 6.30. The number of nitrogens with one attached hydrogen (secondary N) is 1. The molecule has 0 aromatic carbocycles. The Balaban J connectivity index is 1.30. The van der Waals surface area contributed by atoms with Gasteiger partial charge in [-0.2, -0.15) is 4.52 Å². The third kappa shape index (κ3) is 3.06. The second kappa shape index (κ2) is 6.02. The van der Waals surface area contributed by atoms with Gasteiger partial charge in [0.05, 0.1) is 12.6 Å². The minimum atomic E-state index is -0.300. The van der Waals surface area contributed by atoms with Crippen LogP contribution in [-0.2, 0) is 4.74 Å². The molecule has 8 heteroatoms. The van der Waals surface area contributed by atoms with Gasteiger partial charge < -0.3 is 15.0 Å². The third-order valence-corrected chi connectivity index (χ3v) is 4.66. The molecular weight excluding hydrogens is 296 g/mol. The van der Waals surface area contributed by atoms with Gasteiger partial charge in [0, 0.05) is 13.1 Å². The van der Waals surface area contributed by atoms with Gasteiger partial charge in [-0.15, -0.1) is 15.3 Å². The van der Waals surface area contributed by atoms with E-state index in [1.165, 1.54) is 19.3 Å². The van der Waals surface area contributed by atoms with Crippen LogP contribution in [0.5, 0.6) is 0 Å². The average molecular weight is 316 g/mol. The highest BCUT2D eigenvalue weighted by Gasteiger charge is 2.26. The molecule has 4 rings (SSSR count). The molecule has 2 aliphatic rings. The van der Waals surface area contributed by atoms with E-state index >= 15 is 0 Å². The van der Waals surface area contributed by atoms with Crippen molar-refractivity contribution >= 4 is 17.6 Å². The van der Waals surface area contributed by atoms with E-state index in [4.69, 9.17) is 4.74 Å². The number of aromatic nitrogens is 4. The van der Waals surface area contributed by atoms with Crippen LogP contribution in [0.2, 0.25) is 0 Å². The van der Waals surface area contributed by atoms with Crippen LogP contribution in [0.1, 0.15) is 25.7 Å². The minimum absolute atomic E-state index is 0.0994. The number of fused-ring (bicyclic) bond motifs is 1. The van der Waals surface area contributed by atoms with E-state index in [9.17, 15) is 4.79 Å². The van der Waals surface area contributed by atoms with Gasteiger partial charge in [-0.1, -0.05) is 6.42 Å². The molecule has 8 nitrogen and oxygen atoms in total. The molecule has 1 unspecified atom stereocenters.